The van der Waals surface area contributed by atoms with Gasteiger partial charge in [-0.25, -0.2) is 0 Å². The molecule has 1 saturated carbocycles. The minimum Gasteiger partial charge on any atom is -0.264 e. The Morgan fingerprint density at radius 2 is 1.64 bits per heavy atom. The van der Waals surface area contributed by atoms with Crippen LogP contribution in [0.2, 0.25) is 0 Å². The van der Waals surface area contributed by atoms with Crippen LogP contribution in [0.15, 0.2) is 60.0 Å². The van der Waals surface area contributed by atoms with Crippen molar-refractivity contribution in [1.29, 1.82) is 0 Å². The van der Waals surface area contributed by atoms with E-state index in [4.69, 9.17) is 0 Å². The predicted molar refractivity (Wildman–Crippen MR) is 93.3 cm³/mol. The van der Waals surface area contributed by atoms with E-state index in [0.29, 0.717) is 5.69 Å². The second-order valence-corrected chi connectivity index (χ2v) is 5.05. The van der Waals surface area contributed by atoms with Crippen molar-refractivity contribution in [3.8, 4) is 0 Å². The molecule has 1 aromatic heterocycles. The van der Waals surface area contributed by atoms with Gasteiger partial charge in [-0.1, -0.05) is 57.4 Å². The van der Waals surface area contributed by atoms with E-state index in [2.05, 4.69) is 16.2 Å². The molecule has 0 saturated heterocycles. The quantitative estimate of drug-likeness (QED) is 0.616. The summed E-state index contributed by atoms with van der Waals surface area (Å²) in [4.78, 5) is 13.9. The first-order valence-electron chi connectivity index (χ1n) is 8.18. The highest BCUT2D eigenvalue weighted by atomic mass is 16.3. The minimum atomic E-state index is 0.479. The summed E-state index contributed by atoms with van der Waals surface area (Å²) < 4.78 is 0. The van der Waals surface area contributed by atoms with Crippen LogP contribution in [0.1, 0.15) is 57.4 Å². The summed E-state index contributed by atoms with van der Waals surface area (Å²) >= 11 is 0. The Hall–Kier alpha value is -2.03. The summed E-state index contributed by atoms with van der Waals surface area (Å²) in [6, 6.07) is 13.0. The van der Waals surface area contributed by atoms with E-state index in [1.54, 1.807) is 24.3 Å². The highest BCUT2D eigenvalue weighted by molar-refractivity contribution is 5.34. The fourth-order valence-corrected chi connectivity index (χ4v) is 2.54. The first-order valence-corrected chi connectivity index (χ1v) is 8.18. The first-order chi connectivity index (χ1) is 10.9. The number of benzene rings is 1. The zero-order chi connectivity index (χ0) is 16.0. The van der Waals surface area contributed by atoms with Crippen LogP contribution in [0.4, 0.5) is 5.69 Å². The Labute approximate surface area is 133 Å². The molecular weight excluding hydrogens is 272 g/mol. The SMILES string of the molecule is CC.O=Nc1ccccc1.c1cncc(C2CCCCC2)c1. The molecule has 22 heavy (non-hydrogen) atoms. The molecule has 0 radical (unpaired) electrons. The lowest BCUT2D eigenvalue weighted by Gasteiger charge is -2.21. The zero-order valence-corrected chi connectivity index (χ0v) is 13.6. The van der Waals surface area contributed by atoms with E-state index in [0.717, 1.165) is 5.92 Å². The average Bonchev–Trinajstić information content (AvgIpc) is 2.66. The molecule has 3 nitrogen and oxygen atoms in total. The van der Waals surface area contributed by atoms with Crippen molar-refractivity contribution in [1.82, 2.24) is 4.98 Å². The third-order valence-electron chi connectivity index (χ3n) is 3.62. The highest BCUT2D eigenvalue weighted by Crippen LogP contribution is 2.31. The number of hydrogen-bond acceptors (Lipinski definition) is 3. The van der Waals surface area contributed by atoms with E-state index >= 15 is 0 Å². The molecule has 1 aliphatic carbocycles. The van der Waals surface area contributed by atoms with Gasteiger partial charge in [0.25, 0.3) is 0 Å². The average molecular weight is 298 g/mol. The fraction of sp³-hybridized carbons (Fsp3) is 0.421. The van der Waals surface area contributed by atoms with Gasteiger partial charge in [0.05, 0.1) is 0 Å². The van der Waals surface area contributed by atoms with Crippen molar-refractivity contribution in [3.63, 3.8) is 0 Å². The monoisotopic (exact) mass is 298 g/mol. The van der Waals surface area contributed by atoms with Gasteiger partial charge in [0, 0.05) is 12.4 Å². The van der Waals surface area contributed by atoms with Gasteiger partial charge in [0.15, 0.2) is 0 Å². The smallest absolute Gasteiger partial charge is 0.107 e. The van der Waals surface area contributed by atoms with Crippen LogP contribution in [0.3, 0.4) is 0 Å². The number of nitroso groups, excluding NO2 is 1. The Morgan fingerprint density at radius 1 is 0.955 bits per heavy atom. The van der Waals surface area contributed by atoms with Crippen molar-refractivity contribution in [3.05, 3.63) is 65.3 Å². The molecule has 1 aliphatic rings. The molecule has 0 amide bonds. The summed E-state index contributed by atoms with van der Waals surface area (Å²) in [5.74, 6) is 0.799. The molecular formula is C19H26N2O. The second kappa shape index (κ2) is 11.6. The maximum absolute atomic E-state index is 9.76. The number of hydrogen-bond donors (Lipinski definition) is 0. The second-order valence-electron chi connectivity index (χ2n) is 5.05. The molecule has 0 aliphatic heterocycles. The van der Waals surface area contributed by atoms with E-state index in [-0.39, 0.29) is 0 Å². The van der Waals surface area contributed by atoms with E-state index in [1.165, 1.54) is 37.7 Å². The standard InChI is InChI=1S/C11H15N.C6H5NO.C2H6/c1-2-5-10(6-3-1)11-7-4-8-12-9-11;8-7-6-4-2-1-3-5-6;1-2/h4,7-10H,1-3,5-6H2;1-5H;1-2H3. The molecule has 0 N–H and O–H groups in total. The van der Waals surface area contributed by atoms with Crippen molar-refractivity contribution >= 4 is 5.69 Å². The third-order valence-corrected chi connectivity index (χ3v) is 3.62. The Bertz CT molecular complexity index is 493. The van der Waals surface area contributed by atoms with E-state index < -0.39 is 0 Å². The van der Waals surface area contributed by atoms with E-state index in [1.807, 2.05) is 38.4 Å². The predicted octanol–water partition coefficient (Wildman–Crippen LogP) is 6.24. The maximum atomic E-state index is 9.76. The molecule has 0 atom stereocenters. The number of nitrogens with zero attached hydrogens (tertiary/aromatic N) is 2. The van der Waals surface area contributed by atoms with Gasteiger partial charge in [-0.15, -0.1) is 4.91 Å². The van der Waals surface area contributed by atoms with E-state index in [9.17, 15) is 4.91 Å². The first kappa shape index (κ1) is 18.0. The van der Waals surface area contributed by atoms with Crippen LogP contribution in [-0.2, 0) is 0 Å². The van der Waals surface area contributed by atoms with Gasteiger partial charge in [-0.05, 0) is 47.7 Å². The molecule has 1 heterocycles. The van der Waals surface area contributed by atoms with Crippen molar-refractivity contribution < 1.29 is 0 Å². The molecule has 1 aromatic carbocycles. The summed E-state index contributed by atoms with van der Waals surface area (Å²) in [5.41, 5.74) is 1.92. The van der Waals surface area contributed by atoms with Gasteiger partial charge in [-0.2, -0.15) is 0 Å². The summed E-state index contributed by atoms with van der Waals surface area (Å²) in [6.45, 7) is 4.00. The lowest BCUT2D eigenvalue weighted by molar-refractivity contribution is 0.443. The largest absolute Gasteiger partial charge is 0.264 e. The number of pyridine rings is 1. The lowest BCUT2D eigenvalue weighted by atomic mass is 9.85. The van der Waals surface area contributed by atoms with Crippen molar-refractivity contribution in [2.75, 3.05) is 0 Å². The van der Waals surface area contributed by atoms with Gasteiger partial charge in [0.2, 0.25) is 0 Å². The van der Waals surface area contributed by atoms with Crippen LogP contribution >= 0.6 is 0 Å². The maximum Gasteiger partial charge on any atom is 0.107 e. The van der Waals surface area contributed by atoms with Gasteiger partial charge in [0.1, 0.15) is 5.69 Å². The Morgan fingerprint density at radius 3 is 2.14 bits per heavy atom. The fourth-order valence-electron chi connectivity index (χ4n) is 2.54. The Kier molecular flexibility index (Phi) is 9.51. The van der Waals surface area contributed by atoms with Gasteiger partial charge in [-0.3, -0.25) is 4.98 Å². The molecule has 0 bridgehead atoms. The molecule has 3 heteroatoms. The van der Waals surface area contributed by atoms with Crippen molar-refractivity contribution in [2.24, 2.45) is 5.18 Å². The van der Waals surface area contributed by atoms with Crippen LogP contribution in [-0.4, -0.2) is 4.98 Å². The van der Waals surface area contributed by atoms with Crippen LogP contribution < -0.4 is 0 Å². The molecule has 0 unspecified atom stereocenters. The highest BCUT2D eigenvalue weighted by Gasteiger charge is 2.14. The molecule has 0 spiro atoms. The Balaban J connectivity index is 0.000000211. The summed E-state index contributed by atoms with van der Waals surface area (Å²) in [5, 5.41) is 2.72. The number of rotatable bonds is 2. The summed E-state index contributed by atoms with van der Waals surface area (Å²) in [7, 11) is 0. The molecule has 3 rings (SSSR count). The van der Waals surface area contributed by atoms with Gasteiger partial charge >= 0.3 is 0 Å². The lowest BCUT2D eigenvalue weighted by Crippen LogP contribution is -2.04. The zero-order valence-electron chi connectivity index (χ0n) is 13.6. The van der Waals surface area contributed by atoms with Crippen molar-refractivity contribution in [2.45, 2.75) is 51.9 Å². The molecule has 2 aromatic rings. The normalized spacial score (nSPS) is 13.9. The topological polar surface area (TPSA) is 42.3 Å². The number of aromatic nitrogens is 1. The van der Waals surface area contributed by atoms with Crippen LogP contribution in [0.5, 0.6) is 0 Å². The van der Waals surface area contributed by atoms with Crippen LogP contribution in [0, 0.1) is 4.91 Å². The third kappa shape index (κ3) is 6.61. The van der Waals surface area contributed by atoms with Crippen LogP contribution in [0.25, 0.3) is 0 Å². The summed E-state index contributed by atoms with van der Waals surface area (Å²) in [6.07, 6.45) is 10.8. The molecule has 118 valence electrons. The van der Waals surface area contributed by atoms with Gasteiger partial charge < -0.3 is 0 Å². The molecule has 1 fully saturated rings. The minimum absolute atomic E-state index is 0.479.